The number of benzene rings is 1. The fourth-order valence-electron chi connectivity index (χ4n) is 1.98. The van der Waals surface area contributed by atoms with Crippen LogP contribution in [-0.2, 0) is 4.74 Å². The van der Waals surface area contributed by atoms with E-state index in [-0.39, 0.29) is 27.7 Å². The zero-order valence-electron chi connectivity index (χ0n) is 12.2. The molecular formula is C15H14ClFN2O3. The maximum absolute atomic E-state index is 14.5. The average Bonchev–Trinajstić information content (AvgIpc) is 2.50. The largest absolute Gasteiger partial charge is 0.492 e. The average molecular weight is 325 g/mol. The predicted octanol–water partition coefficient (Wildman–Crippen LogP) is 3.23. The molecule has 0 bridgehead atoms. The van der Waals surface area contributed by atoms with Crippen molar-refractivity contribution in [3.8, 4) is 17.0 Å². The summed E-state index contributed by atoms with van der Waals surface area (Å²) in [6.07, 6.45) is 0. The third-order valence-corrected chi connectivity index (χ3v) is 3.52. The van der Waals surface area contributed by atoms with E-state index in [4.69, 9.17) is 22.1 Å². The second-order valence-electron chi connectivity index (χ2n) is 4.50. The second kappa shape index (κ2) is 6.19. The van der Waals surface area contributed by atoms with Gasteiger partial charge >= 0.3 is 5.97 Å². The highest BCUT2D eigenvalue weighted by atomic mass is 35.5. The minimum Gasteiger partial charge on any atom is -0.492 e. The van der Waals surface area contributed by atoms with Crippen molar-refractivity contribution >= 4 is 23.3 Å². The Bertz CT molecular complexity index is 750. The monoisotopic (exact) mass is 324 g/mol. The first-order chi connectivity index (χ1) is 10.4. The van der Waals surface area contributed by atoms with E-state index in [1.54, 1.807) is 6.92 Å². The molecule has 0 spiro atoms. The van der Waals surface area contributed by atoms with Gasteiger partial charge in [-0.05, 0) is 25.1 Å². The number of hydrogen-bond donors (Lipinski definition) is 1. The van der Waals surface area contributed by atoms with Gasteiger partial charge in [0.2, 0.25) is 0 Å². The molecule has 116 valence electrons. The van der Waals surface area contributed by atoms with Gasteiger partial charge in [-0.1, -0.05) is 11.6 Å². The van der Waals surface area contributed by atoms with E-state index in [1.165, 1.54) is 32.4 Å². The number of carbonyl (C=O) groups excluding carboxylic acids is 1. The summed E-state index contributed by atoms with van der Waals surface area (Å²) < 4.78 is 24.1. The highest BCUT2D eigenvalue weighted by Gasteiger charge is 2.20. The molecule has 0 aliphatic heterocycles. The zero-order valence-corrected chi connectivity index (χ0v) is 13.0. The number of ether oxygens (including phenoxy) is 2. The van der Waals surface area contributed by atoms with E-state index in [0.29, 0.717) is 11.3 Å². The normalized spacial score (nSPS) is 10.4. The van der Waals surface area contributed by atoms with Crippen molar-refractivity contribution in [2.75, 3.05) is 20.0 Å². The summed E-state index contributed by atoms with van der Waals surface area (Å²) >= 11 is 5.87. The van der Waals surface area contributed by atoms with Crippen LogP contribution < -0.4 is 10.5 Å². The molecule has 0 aliphatic rings. The van der Waals surface area contributed by atoms with E-state index in [2.05, 4.69) is 9.72 Å². The number of halogens is 2. The zero-order chi connectivity index (χ0) is 16.4. The van der Waals surface area contributed by atoms with Crippen molar-refractivity contribution in [1.82, 2.24) is 4.98 Å². The van der Waals surface area contributed by atoms with Crippen molar-refractivity contribution in [2.45, 2.75) is 6.92 Å². The lowest BCUT2D eigenvalue weighted by atomic mass is 10.1. The summed E-state index contributed by atoms with van der Waals surface area (Å²) in [6.45, 7) is 1.64. The smallest absolute Gasteiger partial charge is 0.357 e. The Morgan fingerprint density at radius 3 is 2.64 bits per heavy atom. The van der Waals surface area contributed by atoms with E-state index in [1.807, 2.05) is 0 Å². The van der Waals surface area contributed by atoms with Gasteiger partial charge in [0, 0.05) is 16.8 Å². The molecular weight excluding hydrogens is 311 g/mol. The number of nitrogen functional groups attached to an aromatic ring is 1. The lowest BCUT2D eigenvalue weighted by Gasteiger charge is -2.12. The Balaban J connectivity index is 2.69. The third-order valence-electron chi connectivity index (χ3n) is 3.22. The van der Waals surface area contributed by atoms with Crippen LogP contribution in [-0.4, -0.2) is 25.2 Å². The summed E-state index contributed by atoms with van der Waals surface area (Å²) in [5, 5.41) is 0.136. The minimum absolute atomic E-state index is 0.0332. The first-order valence-electron chi connectivity index (χ1n) is 6.28. The number of anilines is 1. The van der Waals surface area contributed by atoms with Gasteiger partial charge in [0.25, 0.3) is 0 Å². The number of hydrogen-bond acceptors (Lipinski definition) is 5. The molecule has 7 heteroatoms. The number of aromatic nitrogens is 1. The van der Waals surface area contributed by atoms with Crippen LogP contribution >= 0.6 is 11.6 Å². The Morgan fingerprint density at radius 1 is 1.36 bits per heavy atom. The van der Waals surface area contributed by atoms with Crippen LogP contribution in [0.5, 0.6) is 5.75 Å². The molecule has 0 unspecified atom stereocenters. The maximum Gasteiger partial charge on any atom is 0.357 e. The lowest BCUT2D eigenvalue weighted by molar-refractivity contribution is 0.0593. The number of pyridine rings is 1. The van der Waals surface area contributed by atoms with Crippen LogP contribution in [0.4, 0.5) is 10.1 Å². The highest BCUT2D eigenvalue weighted by Crippen LogP contribution is 2.35. The van der Waals surface area contributed by atoms with Gasteiger partial charge in [0.1, 0.15) is 0 Å². The lowest BCUT2D eigenvalue weighted by Crippen LogP contribution is -2.10. The first kappa shape index (κ1) is 16.0. The van der Waals surface area contributed by atoms with Crippen LogP contribution in [0.3, 0.4) is 0 Å². The van der Waals surface area contributed by atoms with Crippen LogP contribution in [0.1, 0.15) is 16.1 Å². The van der Waals surface area contributed by atoms with Gasteiger partial charge in [-0.15, -0.1) is 0 Å². The van der Waals surface area contributed by atoms with Gasteiger partial charge in [-0.25, -0.2) is 14.2 Å². The Labute approximate surface area is 131 Å². The molecule has 0 saturated heterocycles. The number of methoxy groups -OCH3 is 2. The second-order valence-corrected chi connectivity index (χ2v) is 4.91. The van der Waals surface area contributed by atoms with Crippen molar-refractivity contribution < 1.29 is 18.7 Å². The van der Waals surface area contributed by atoms with E-state index in [0.717, 1.165) is 0 Å². The van der Waals surface area contributed by atoms with Gasteiger partial charge in [0.05, 0.1) is 24.9 Å². The first-order valence-corrected chi connectivity index (χ1v) is 6.66. The molecule has 1 aromatic carbocycles. The fourth-order valence-corrected chi connectivity index (χ4v) is 2.20. The molecule has 0 fully saturated rings. The molecule has 22 heavy (non-hydrogen) atoms. The van der Waals surface area contributed by atoms with Crippen LogP contribution in [0, 0.1) is 12.7 Å². The standard InChI is InChI=1S/C15H14ClFN2O3/c1-7-10(18)6-11(19-13(7)15(20)22-3)8-4-5-9(16)14(21-2)12(8)17/h4-6H,1-3H3,(H2,18,19). The molecule has 2 rings (SSSR count). The van der Waals surface area contributed by atoms with Gasteiger partial charge in [-0.3, -0.25) is 0 Å². The molecule has 1 heterocycles. The van der Waals surface area contributed by atoms with E-state index >= 15 is 0 Å². The SMILES string of the molecule is COC(=O)c1nc(-c2ccc(Cl)c(OC)c2F)cc(N)c1C. The molecule has 5 nitrogen and oxygen atoms in total. The van der Waals surface area contributed by atoms with E-state index in [9.17, 15) is 9.18 Å². The Morgan fingerprint density at radius 2 is 2.05 bits per heavy atom. The molecule has 0 aliphatic carbocycles. The molecule has 1 aromatic heterocycles. The van der Waals surface area contributed by atoms with Gasteiger partial charge < -0.3 is 15.2 Å². The molecule has 0 saturated carbocycles. The highest BCUT2D eigenvalue weighted by molar-refractivity contribution is 6.32. The van der Waals surface area contributed by atoms with Gasteiger partial charge in [-0.2, -0.15) is 0 Å². The van der Waals surface area contributed by atoms with Gasteiger partial charge in [0.15, 0.2) is 17.3 Å². The molecule has 0 atom stereocenters. The number of rotatable bonds is 3. The minimum atomic E-state index is -0.679. The van der Waals surface area contributed by atoms with Crippen LogP contribution in [0.15, 0.2) is 18.2 Å². The topological polar surface area (TPSA) is 74.4 Å². The summed E-state index contributed by atoms with van der Waals surface area (Å²) in [4.78, 5) is 15.9. The molecule has 0 amide bonds. The summed E-state index contributed by atoms with van der Waals surface area (Å²) in [6, 6.07) is 4.40. The van der Waals surface area contributed by atoms with Crippen LogP contribution in [0.2, 0.25) is 5.02 Å². The van der Waals surface area contributed by atoms with Crippen molar-refractivity contribution in [2.24, 2.45) is 0 Å². The number of nitrogens with zero attached hydrogens (tertiary/aromatic N) is 1. The third kappa shape index (κ3) is 2.69. The Hall–Kier alpha value is -2.34. The van der Waals surface area contributed by atoms with Crippen molar-refractivity contribution in [3.05, 3.63) is 40.3 Å². The summed E-state index contributed by atoms with van der Waals surface area (Å²) in [5.41, 5.74) is 7.00. The van der Waals surface area contributed by atoms with Crippen LogP contribution in [0.25, 0.3) is 11.3 Å². The fraction of sp³-hybridized carbons (Fsp3) is 0.200. The number of nitrogens with two attached hydrogens (primary N) is 1. The molecule has 0 radical (unpaired) electrons. The molecule has 2 aromatic rings. The van der Waals surface area contributed by atoms with E-state index < -0.39 is 11.8 Å². The summed E-state index contributed by atoms with van der Waals surface area (Å²) in [7, 11) is 2.54. The maximum atomic E-state index is 14.5. The van der Waals surface area contributed by atoms with Crippen molar-refractivity contribution in [1.29, 1.82) is 0 Å². The molecule has 2 N–H and O–H groups in total. The Kier molecular flexibility index (Phi) is 4.51. The number of esters is 1. The van der Waals surface area contributed by atoms with Crippen molar-refractivity contribution in [3.63, 3.8) is 0 Å². The quantitative estimate of drug-likeness (QED) is 0.877. The predicted molar refractivity (Wildman–Crippen MR) is 81.7 cm³/mol. The number of carbonyl (C=O) groups is 1. The summed E-state index contributed by atoms with van der Waals surface area (Å²) in [5.74, 6) is -1.42.